The van der Waals surface area contributed by atoms with Gasteiger partial charge in [-0.2, -0.15) is 5.10 Å². The molecule has 0 N–H and O–H groups in total. The van der Waals surface area contributed by atoms with Crippen LogP contribution in [0.5, 0.6) is 0 Å². The Labute approximate surface area is 118 Å². The van der Waals surface area contributed by atoms with E-state index in [1.807, 2.05) is 29.2 Å². The maximum atomic E-state index is 4.76. The zero-order valence-corrected chi connectivity index (χ0v) is 11.2. The summed E-state index contributed by atoms with van der Waals surface area (Å²) >= 11 is 0. The van der Waals surface area contributed by atoms with Crippen molar-refractivity contribution < 1.29 is 0 Å². The summed E-state index contributed by atoms with van der Waals surface area (Å²) in [6.45, 7) is 2.13. The second kappa shape index (κ2) is 4.20. The number of aromatic nitrogens is 1. The number of benzene rings is 2. The zero-order valence-electron chi connectivity index (χ0n) is 11.2. The Morgan fingerprint density at radius 2 is 1.45 bits per heavy atom. The van der Waals surface area contributed by atoms with Gasteiger partial charge in [0.05, 0.1) is 5.71 Å². The minimum absolute atomic E-state index is 1.05. The predicted molar refractivity (Wildman–Crippen MR) is 82.1 cm³/mol. The molecule has 2 aromatic carbocycles. The average Bonchev–Trinajstić information content (AvgIpc) is 3.07. The molecule has 1 aliphatic carbocycles. The summed E-state index contributed by atoms with van der Waals surface area (Å²) in [5.74, 6) is 0. The molecule has 96 valence electrons. The third-order valence-electron chi connectivity index (χ3n) is 3.71. The standard InChI is InChI=1S/C18H14N2/c1-13-8-9-16-17(12-13)14-6-2-3-7-15(14)18(16)19-20-10-4-5-11-20/h2-12H,1H3/b19-18+. The highest BCUT2D eigenvalue weighted by Crippen LogP contribution is 2.37. The fourth-order valence-electron chi connectivity index (χ4n) is 2.77. The molecule has 0 amide bonds. The minimum atomic E-state index is 1.05. The van der Waals surface area contributed by atoms with Crippen LogP contribution in [0.15, 0.2) is 72.1 Å². The smallest absolute Gasteiger partial charge is 0.0996 e. The lowest BCUT2D eigenvalue weighted by molar-refractivity contribution is 0.889. The van der Waals surface area contributed by atoms with E-state index in [9.17, 15) is 0 Å². The van der Waals surface area contributed by atoms with Crippen LogP contribution in [0.25, 0.3) is 11.1 Å². The first kappa shape index (κ1) is 11.2. The fourth-order valence-corrected chi connectivity index (χ4v) is 2.77. The number of fused-ring (bicyclic) bond motifs is 3. The first-order valence-electron chi connectivity index (χ1n) is 6.76. The van der Waals surface area contributed by atoms with Crippen LogP contribution in [-0.2, 0) is 0 Å². The lowest BCUT2D eigenvalue weighted by atomic mass is 10.0. The molecule has 1 aliphatic rings. The molecule has 2 nitrogen and oxygen atoms in total. The quantitative estimate of drug-likeness (QED) is 0.489. The molecular weight excluding hydrogens is 244 g/mol. The summed E-state index contributed by atoms with van der Waals surface area (Å²) in [4.78, 5) is 0. The Morgan fingerprint density at radius 1 is 0.750 bits per heavy atom. The van der Waals surface area contributed by atoms with Crippen molar-refractivity contribution in [3.05, 3.63) is 83.7 Å². The van der Waals surface area contributed by atoms with E-state index in [-0.39, 0.29) is 0 Å². The molecule has 0 unspecified atom stereocenters. The van der Waals surface area contributed by atoms with Gasteiger partial charge in [-0.05, 0) is 30.2 Å². The van der Waals surface area contributed by atoms with Crippen molar-refractivity contribution in [2.45, 2.75) is 6.92 Å². The van der Waals surface area contributed by atoms with Gasteiger partial charge in [-0.25, -0.2) is 4.68 Å². The van der Waals surface area contributed by atoms with Crippen LogP contribution >= 0.6 is 0 Å². The van der Waals surface area contributed by atoms with E-state index < -0.39 is 0 Å². The molecule has 1 aromatic heterocycles. The van der Waals surface area contributed by atoms with Crippen LogP contribution in [0.3, 0.4) is 0 Å². The van der Waals surface area contributed by atoms with Gasteiger partial charge in [-0.15, -0.1) is 0 Å². The van der Waals surface area contributed by atoms with Crippen molar-refractivity contribution in [3.63, 3.8) is 0 Å². The Morgan fingerprint density at radius 3 is 2.25 bits per heavy atom. The second-order valence-corrected chi connectivity index (χ2v) is 5.11. The Balaban J connectivity index is 2.01. The van der Waals surface area contributed by atoms with Crippen molar-refractivity contribution in [2.24, 2.45) is 5.10 Å². The third kappa shape index (κ3) is 1.62. The highest BCUT2D eigenvalue weighted by atomic mass is 15.3. The summed E-state index contributed by atoms with van der Waals surface area (Å²) in [6.07, 6.45) is 3.92. The second-order valence-electron chi connectivity index (χ2n) is 5.11. The molecule has 1 heterocycles. The molecule has 4 rings (SSSR count). The van der Waals surface area contributed by atoms with Crippen LogP contribution in [0.2, 0.25) is 0 Å². The SMILES string of the molecule is Cc1ccc2c(c1)-c1ccccc1/C2=N\n1cccc1. The van der Waals surface area contributed by atoms with Gasteiger partial charge in [0.2, 0.25) is 0 Å². The van der Waals surface area contributed by atoms with Gasteiger partial charge in [0.15, 0.2) is 0 Å². The van der Waals surface area contributed by atoms with Crippen molar-refractivity contribution in [1.82, 2.24) is 4.68 Å². The molecule has 2 heteroatoms. The monoisotopic (exact) mass is 258 g/mol. The average molecular weight is 258 g/mol. The predicted octanol–water partition coefficient (Wildman–Crippen LogP) is 4.08. The molecule has 0 spiro atoms. The number of hydrogen-bond donors (Lipinski definition) is 0. The van der Waals surface area contributed by atoms with Gasteiger partial charge in [0.25, 0.3) is 0 Å². The van der Waals surface area contributed by atoms with Gasteiger partial charge in [0.1, 0.15) is 0 Å². The molecule has 0 bridgehead atoms. The summed E-state index contributed by atoms with van der Waals surface area (Å²) in [5, 5.41) is 4.76. The molecule has 0 saturated heterocycles. The van der Waals surface area contributed by atoms with E-state index in [4.69, 9.17) is 5.10 Å². The lowest BCUT2D eigenvalue weighted by Gasteiger charge is -2.02. The highest BCUT2D eigenvalue weighted by Gasteiger charge is 2.24. The minimum Gasteiger partial charge on any atom is -0.248 e. The van der Waals surface area contributed by atoms with Crippen LogP contribution < -0.4 is 0 Å². The summed E-state index contributed by atoms with van der Waals surface area (Å²) in [5.41, 5.74) is 7.31. The van der Waals surface area contributed by atoms with Crippen molar-refractivity contribution >= 4 is 5.71 Å². The van der Waals surface area contributed by atoms with Gasteiger partial charge in [0, 0.05) is 23.5 Å². The van der Waals surface area contributed by atoms with E-state index in [1.165, 1.54) is 27.8 Å². The Hall–Kier alpha value is -2.61. The third-order valence-corrected chi connectivity index (χ3v) is 3.71. The topological polar surface area (TPSA) is 17.3 Å². The number of aryl methyl sites for hydroxylation is 1. The van der Waals surface area contributed by atoms with E-state index in [1.54, 1.807) is 0 Å². The summed E-state index contributed by atoms with van der Waals surface area (Å²) < 4.78 is 1.86. The van der Waals surface area contributed by atoms with Gasteiger partial charge in [-0.1, -0.05) is 48.0 Å². The number of rotatable bonds is 1. The molecule has 0 saturated carbocycles. The Bertz CT molecular complexity index is 811. The Kier molecular flexibility index (Phi) is 2.36. The van der Waals surface area contributed by atoms with Crippen LogP contribution in [0.4, 0.5) is 0 Å². The zero-order chi connectivity index (χ0) is 13.5. The van der Waals surface area contributed by atoms with Crippen molar-refractivity contribution in [1.29, 1.82) is 0 Å². The molecule has 0 fully saturated rings. The normalized spacial score (nSPS) is 14.3. The molecule has 0 atom stereocenters. The van der Waals surface area contributed by atoms with E-state index in [0.717, 1.165) is 5.71 Å². The lowest BCUT2D eigenvalue weighted by Crippen LogP contribution is -2.01. The van der Waals surface area contributed by atoms with Crippen molar-refractivity contribution in [2.75, 3.05) is 0 Å². The molecule has 20 heavy (non-hydrogen) atoms. The first-order valence-corrected chi connectivity index (χ1v) is 6.76. The van der Waals surface area contributed by atoms with Gasteiger partial charge < -0.3 is 0 Å². The van der Waals surface area contributed by atoms with E-state index >= 15 is 0 Å². The fraction of sp³-hybridized carbons (Fsp3) is 0.0556. The maximum Gasteiger partial charge on any atom is 0.0996 e. The van der Waals surface area contributed by atoms with Crippen molar-refractivity contribution in [3.8, 4) is 11.1 Å². The number of hydrogen-bond acceptors (Lipinski definition) is 1. The number of nitrogens with zero attached hydrogens (tertiary/aromatic N) is 2. The van der Waals surface area contributed by atoms with E-state index in [0.29, 0.717) is 0 Å². The molecule has 0 radical (unpaired) electrons. The van der Waals surface area contributed by atoms with Crippen LogP contribution in [0.1, 0.15) is 16.7 Å². The summed E-state index contributed by atoms with van der Waals surface area (Å²) in [6, 6.07) is 19.0. The largest absolute Gasteiger partial charge is 0.248 e. The van der Waals surface area contributed by atoms with Crippen LogP contribution in [0, 0.1) is 6.92 Å². The van der Waals surface area contributed by atoms with Crippen LogP contribution in [-0.4, -0.2) is 10.4 Å². The van der Waals surface area contributed by atoms with Gasteiger partial charge in [-0.3, -0.25) is 0 Å². The van der Waals surface area contributed by atoms with E-state index in [2.05, 4.69) is 49.4 Å². The maximum absolute atomic E-state index is 4.76. The first-order chi connectivity index (χ1) is 9.83. The highest BCUT2D eigenvalue weighted by molar-refractivity contribution is 6.24. The molecule has 0 aliphatic heterocycles. The summed E-state index contributed by atoms with van der Waals surface area (Å²) in [7, 11) is 0. The molecule has 3 aromatic rings. The molecular formula is C18H14N2. The van der Waals surface area contributed by atoms with Gasteiger partial charge >= 0.3 is 0 Å².